The summed E-state index contributed by atoms with van der Waals surface area (Å²) < 4.78 is 36.9. The van der Waals surface area contributed by atoms with Crippen LogP contribution in [0.2, 0.25) is 5.02 Å². The summed E-state index contributed by atoms with van der Waals surface area (Å²) in [5, 5.41) is 11.5. The second kappa shape index (κ2) is 13.1. The molecular weight excluding hydrogens is 534 g/mol. The molecule has 0 aliphatic carbocycles. The molecule has 0 radical (unpaired) electrons. The highest BCUT2D eigenvalue weighted by molar-refractivity contribution is 7.91. The van der Waals surface area contributed by atoms with Crippen LogP contribution in [0.4, 0.5) is 0 Å². The van der Waals surface area contributed by atoms with Crippen molar-refractivity contribution in [2.45, 2.75) is 28.9 Å². The standard InChI is InChI=1S/C31H32ClNO5S/c1-37-30-16-15-28(20-31(30)38-2)39(35,36)27-13-11-23(12-14-27)17-18-33(21-24-7-4-3-5-8-24)22-29(34)25-9-6-10-26(32)19-25/h3-16,19-20,29,34H,17-18,21-22H2,1-2H3. The van der Waals surface area contributed by atoms with Crippen LogP contribution < -0.4 is 9.47 Å². The lowest BCUT2D eigenvalue weighted by Gasteiger charge is -2.25. The summed E-state index contributed by atoms with van der Waals surface area (Å²) in [6, 6.07) is 28.9. The minimum atomic E-state index is -3.73. The number of hydrogen-bond donors (Lipinski definition) is 1. The van der Waals surface area contributed by atoms with Crippen LogP contribution in [0.25, 0.3) is 0 Å². The predicted octanol–water partition coefficient (Wildman–Crippen LogP) is 5.97. The molecule has 0 heterocycles. The third-order valence-electron chi connectivity index (χ3n) is 6.53. The number of sulfone groups is 1. The van der Waals surface area contributed by atoms with Gasteiger partial charge in [0.25, 0.3) is 0 Å². The quantitative estimate of drug-likeness (QED) is 0.228. The molecule has 0 aliphatic heterocycles. The molecule has 0 aliphatic rings. The topological polar surface area (TPSA) is 76.1 Å². The van der Waals surface area contributed by atoms with Crippen molar-refractivity contribution in [3.05, 3.63) is 119 Å². The lowest BCUT2D eigenvalue weighted by atomic mass is 10.1. The van der Waals surface area contributed by atoms with Gasteiger partial charge in [0.05, 0.1) is 30.1 Å². The molecule has 6 nitrogen and oxygen atoms in total. The van der Waals surface area contributed by atoms with Gasteiger partial charge in [0.15, 0.2) is 11.5 Å². The number of aliphatic hydroxyl groups excluding tert-OH is 1. The summed E-state index contributed by atoms with van der Waals surface area (Å²) in [4.78, 5) is 2.53. The van der Waals surface area contributed by atoms with Crippen molar-refractivity contribution < 1.29 is 23.0 Å². The maximum atomic E-state index is 13.2. The summed E-state index contributed by atoms with van der Waals surface area (Å²) in [6.07, 6.45) is -0.00683. The second-order valence-electron chi connectivity index (χ2n) is 9.21. The first-order valence-corrected chi connectivity index (χ1v) is 14.4. The SMILES string of the molecule is COc1ccc(S(=O)(=O)c2ccc(CCN(Cc3ccccc3)CC(O)c3cccc(Cl)c3)cc2)cc1OC. The van der Waals surface area contributed by atoms with Crippen molar-refractivity contribution >= 4 is 21.4 Å². The molecule has 1 N–H and O–H groups in total. The van der Waals surface area contributed by atoms with E-state index in [1.807, 2.05) is 42.5 Å². The smallest absolute Gasteiger partial charge is 0.206 e. The van der Waals surface area contributed by atoms with Gasteiger partial charge in [0.2, 0.25) is 9.84 Å². The van der Waals surface area contributed by atoms with Crippen molar-refractivity contribution in [3.8, 4) is 11.5 Å². The third-order valence-corrected chi connectivity index (χ3v) is 8.53. The molecule has 0 aromatic heterocycles. The molecule has 1 atom stereocenters. The average Bonchev–Trinajstić information content (AvgIpc) is 2.96. The summed E-state index contributed by atoms with van der Waals surface area (Å²) in [5.41, 5.74) is 2.91. The summed E-state index contributed by atoms with van der Waals surface area (Å²) in [6.45, 7) is 1.78. The fourth-order valence-electron chi connectivity index (χ4n) is 4.38. The van der Waals surface area contributed by atoms with E-state index in [1.54, 1.807) is 30.3 Å². The lowest BCUT2D eigenvalue weighted by Crippen LogP contribution is -2.30. The van der Waals surface area contributed by atoms with E-state index in [2.05, 4.69) is 17.0 Å². The summed E-state index contributed by atoms with van der Waals surface area (Å²) in [7, 11) is -0.751. The molecular formula is C31H32ClNO5S. The van der Waals surface area contributed by atoms with Gasteiger partial charge in [-0.2, -0.15) is 0 Å². The predicted molar refractivity (Wildman–Crippen MR) is 153 cm³/mol. The van der Waals surface area contributed by atoms with Gasteiger partial charge in [-0.05, 0) is 59.5 Å². The van der Waals surface area contributed by atoms with Crippen LogP contribution in [0, 0.1) is 0 Å². The number of rotatable bonds is 12. The zero-order valence-corrected chi connectivity index (χ0v) is 23.5. The number of aliphatic hydroxyl groups is 1. The van der Waals surface area contributed by atoms with Crippen molar-refractivity contribution in [3.63, 3.8) is 0 Å². The summed E-state index contributed by atoms with van der Waals surface area (Å²) in [5.74, 6) is 0.820. The van der Waals surface area contributed by atoms with Crippen LogP contribution in [0.3, 0.4) is 0 Å². The van der Waals surface area contributed by atoms with Crippen LogP contribution in [0.1, 0.15) is 22.8 Å². The molecule has 4 rings (SSSR count). The zero-order valence-electron chi connectivity index (χ0n) is 22.0. The summed E-state index contributed by atoms with van der Waals surface area (Å²) >= 11 is 6.13. The molecule has 0 saturated carbocycles. The normalized spacial score (nSPS) is 12.3. The number of halogens is 1. The van der Waals surface area contributed by atoms with Crippen LogP contribution in [0.15, 0.2) is 107 Å². The number of hydrogen-bond acceptors (Lipinski definition) is 6. The van der Waals surface area contributed by atoms with Gasteiger partial charge < -0.3 is 14.6 Å². The molecule has 4 aromatic rings. The Hall–Kier alpha value is -3.36. The molecule has 0 fully saturated rings. The Balaban J connectivity index is 1.47. The molecule has 0 spiro atoms. The number of methoxy groups -OCH3 is 2. The van der Waals surface area contributed by atoms with Crippen LogP contribution in [-0.2, 0) is 22.8 Å². The van der Waals surface area contributed by atoms with E-state index in [0.29, 0.717) is 42.6 Å². The van der Waals surface area contributed by atoms with Gasteiger partial charge in [0, 0.05) is 30.7 Å². The fourth-order valence-corrected chi connectivity index (χ4v) is 5.86. The largest absolute Gasteiger partial charge is 0.493 e. The molecule has 0 bridgehead atoms. The monoisotopic (exact) mass is 565 g/mol. The van der Waals surface area contributed by atoms with E-state index in [-0.39, 0.29) is 9.79 Å². The average molecular weight is 566 g/mol. The van der Waals surface area contributed by atoms with Crippen molar-refractivity contribution in [2.75, 3.05) is 27.3 Å². The Kier molecular flexibility index (Phi) is 9.64. The molecule has 39 heavy (non-hydrogen) atoms. The third kappa shape index (κ3) is 7.40. The fraction of sp³-hybridized carbons (Fsp3) is 0.226. The van der Waals surface area contributed by atoms with E-state index in [9.17, 15) is 13.5 Å². The van der Waals surface area contributed by atoms with Crippen LogP contribution >= 0.6 is 11.6 Å². The molecule has 0 saturated heterocycles. The van der Waals surface area contributed by atoms with Gasteiger partial charge in [-0.15, -0.1) is 0 Å². The number of nitrogens with zero attached hydrogens (tertiary/aromatic N) is 1. The van der Waals surface area contributed by atoms with Gasteiger partial charge in [-0.3, -0.25) is 4.90 Å². The Morgan fingerprint density at radius 1 is 0.795 bits per heavy atom. The highest BCUT2D eigenvalue weighted by Gasteiger charge is 2.20. The maximum Gasteiger partial charge on any atom is 0.206 e. The van der Waals surface area contributed by atoms with Crippen molar-refractivity contribution in [1.82, 2.24) is 4.90 Å². The Morgan fingerprint density at radius 3 is 2.15 bits per heavy atom. The molecule has 4 aromatic carbocycles. The minimum absolute atomic E-state index is 0.136. The lowest BCUT2D eigenvalue weighted by molar-refractivity contribution is 0.109. The van der Waals surface area contributed by atoms with Crippen molar-refractivity contribution in [2.24, 2.45) is 0 Å². The number of ether oxygens (including phenoxy) is 2. The van der Waals surface area contributed by atoms with Gasteiger partial charge in [-0.1, -0.05) is 66.2 Å². The van der Waals surface area contributed by atoms with E-state index in [0.717, 1.165) is 16.7 Å². The second-order valence-corrected chi connectivity index (χ2v) is 11.6. The van der Waals surface area contributed by atoms with Gasteiger partial charge >= 0.3 is 0 Å². The van der Waals surface area contributed by atoms with E-state index in [1.165, 1.54) is 26.4 Å². The first-order chi connectivity index (χ1) is 18.8. The van der Waals surface area contributed by atoms with Gasteiger partial charge in [0.1, 0.15) is 0 Å². The Labute approximate surface area is 235 Å². The van der Waals surface area contributed by atoms with Crippen LogP contribution in [-0.4, -0.2) is 45.7 Å². The van der Waals surface area contributed by atoms with E-state index < -0.39 is 15.9 Å². The Morgan fingerprint density at radius 2 is 1.49 bits per heavy atom. The van der Waals surface area contributed by atoms with E-state index in [4.69, 9.17) is 21.1 Å². The highest BCUT2D eigenvalue weighted by atomic mass is 35.5. The van der Waals surface area contributed by atoms with E-state index >= 15 is 0 Å². The minimum Gasteiger partial charge on any atom is -0.493 e. The maximum absolute atomic E-state index is 13.2. The molecule has 0 amide bonds. The molecule has 204 valence electrons. The first kappa shape index (κ1) is 28.6. The molecule has 1 unspecified atom stereocenters. The number of benzene rings is 4. The van der Waals surface area contributed by atoms with Gasteiger partial charge in [-0.25, -0.2) is 8.42 Å². The van der Waals surface area contributed by atoms with Crippen LogP contribution in [0.5, 0.6) is 11.5 Å². The van der Waals surface area contributed by atoms with Crippen molar-refractivity contribution in [1.29, 1.82) is 0 Å². The Bertz CT molecular complexity index is 1480. The molecule has 8 heteroatoms. The zero-order chi connectivity index (χ0) is 27.8. The first-order valence-electron chi connectivity index (χ1n) is 12.6. The highest BCUT2D eigenvalue weighted by Crippen LogP contribution is 2.32.